The van der Waals surface area contributed by atoms with Crippen LogP contribution in [-0.4, -0.2) is 50.3 Å². The first-order chi connectivity index (χ1) is 8.71. The Morgan fingerprint density at radius 2 is 1.74 bits per heavy atom. The van der Waals surface area contributed by atoms with Crippen molar-refractivity contribution >= 4 is 5.97 Å². The maximum atomic E-state index is 12.1. The third-order valence-corrected chi connectivity index (χ3v) is 3.27. The van der Waals surface area contributed by atoms with Gasteiger partial charge in [-0.2, -0.15) is 0 Å². The summed E-state index contributed by atoms with van der Waals surface area (Å²) in [6.07, 6.45) is 0.830. The Labute approximate surface area is 117 Å². The zero-order valence-electron chi connectivity index (χ0n) is 13.1. The molecule has 1 aliphatic rings. The lowest BCUT2D eigenvalue weighted by Gasteiger charge is -2.31. The van der Waals surface area contributed by atoms with Crippen LogP contribution in [0.4, 0.5) is 0 Å². The van der Waals surface area contributed by atoms with E-state index in [2.05, 4.69) is 25.7 Å². The summed E-state index contributed by atoms with van der Waals surface area (Å²) in [7, 11) is 0. The standard InChI is InChI=1S/C15H29NO3/c1-14(2,3)12-15(4,5)13(17)19-11-8-16-6-9-18-10-7-16/h6-12H2,1-5H3. The minimum atomic E-state index is -0.413. The summed E-state index contributed by atoms with van der Waals surface area (Å²) in [5.41, 5.74) is -0.282. The number of morpholine rings is 1. The number of nitrogens with zero attached hydrogens (tertiary/aromatic N) is 1. The minimum Gasteiger partial charge on any atom is -0.464 e. The first-order valence-electron chi connectivity index (χ1n) is 7.18. The van der Waals surface area contributed by atoms with Gasteiger partial charge in [0.05, 0.1) is 18.6 Å². The van der Waals surface area contributed by atoms with Crippen LogP contribution in [0.3, 0.4) is 0 Å². The highest BCUT2D eigenvalue weighted by Gasteiger charge is 2.33. The Bertz CT molecular complexity index is 288. The van der Waals surface area contributed by atoms with E-state index in [4.69, 9.17) is 9.47 Å². The van der Waals surface area contributed by atoms with Crippen LogP contribution < -0.4 is 0 Å². The van der Waals surface area contributed by atoms with E-state index >= 15 is 0 Å². The summed E-state index contributed by atoms with van der Waals surface area (Å²) in [4.78, 5) is 14.4. The van der Waals surface area contributed by atoms with Crippen molar-refractivity contribution in [2.45, 2.75) is 41.0 Å². The molecule has 0 bridgehead atoms. The summed E-state index contributed by atoms with van der Waals surface area (Å²) < 4.78 is 10.7. The molecule has 4 nitrogen and oxygen atoms in total. The largest absolute Gasteiger partial charge is 0.464 e. The van der Waals surface area contributed by atoms with E-state index in [-0.39, 0.29) is 11.4 Å². The van der Waals surface area contributed by atoms with Gasteiger partial charge in [-0.05, 0) is 25.7 Å². The summed E-state index contributed by atoms with van der Waals surface area (Å²) in [5.74, 6) is -0.0873. The second-order valence-electron chi connectivity index (χ2n) is 7.21. The molecule has 0 radical (unpaired) electrons. The first-order valence-corrected chi connectivity index (χ1v) is 7.18. The second-order valence-corrected chi connectivity index (χ2v) is 7.21. The fraction of sp³-hybridized carbons (Fsp3) is 0.933. The minimum absolute atomic E-state index is 0.0873. The van der Waals surface area contributed by atoms with E-state index in [1.807, 2.05) is 13.8 Å². The molecule has 1 fully saturated rings. The van der Waals surface area contributed by atoms with Gasteiger partial charge in [0.1, 0.15) is 6.61 Å². The molecule has 1 rings (SSSR count). The molecule has 19 heavy (non-hydrogen) atoms. The molecule has 0 amide bonds. The Kier molecular flexibility index (Phi) is 5.81. The number of carbonyl (C=O) groups excluding carboxylic acids is 1. The van der Waals surface area contributed by atoms with Crippen molar-refractivity contribution in [2.24, 2.45) is 10.8 Å². The molecule has 0 aromatic heterocycles. The van der Waals surface area contributed by atoms with Crippen molar-refractivity contribution in [3.05, 3.63) is 0 Å². The van der Waals surface area contributed by atoms with Crippen molar-refractivity contribution in [1.82, 2.24) is 4.90 Å². The number of rotatable bonds is 5. The van der Waals surface area contributed by atoms with Gasteiger partial charge in [-0.3, -0.25) is 9.69 Å². The zero-order chi connectivity index (χ0) is 14.5. The monoisotopic (exact) mass is 271 g/mol. The van der Waals surface area contributed by atoms with Gasteiger partial charge < -0.3 is 9.47 Å². The average molecular weight is 271 g/mol. The van der Waals surface area contributed by atoms with Gasteiger partial charge in [0.2, 0.25) is 0 Å². The van der Waals surface area contributed by atoms with Crippen LogP contribution in [0.1, 0.15) is 41.0 Å². The summed E-state index contributed by atoms with van der Waals surface area (Å²) >= 11 is 0. The van der Waals surface area contributed by atoms with E-state index in [1.54, 1.807) is 0 Å². The number of hydrogen-bond acceptors (Lipinski definition) is 4. The maximum Gasteiger partial charge on any atom is 0.311 e. The van der Waals surface area contributed by atoms with E-state index < -0.39 is 5.41 Å². The molecule has 1 aliphatic heterocycles. The molecule has 112 valence electrons. The summed E-state index contributed by atoms with van der Waals surface area (Å²) in [5, 5.41) is 0. The lowest BCUT2D eigenvalue weighted by molar-refractivity contribution is -0.156. The fourth-order valence-electron chi connectivity index (χ4n) is 2.69. The van der Waals surface area contributed by atoms with Gasteiger partial charge in [-0.15, -0.1) is 0 Å². The van der Waals surface area contributed by atoms with Crippen LogP contribution in [0.15, 0.2) is 0 Å². The van der Waals surface area contributed by atoms with Crippen molar-refractivity contribution < 1.29 is 14.3 Å². The number of ether oxygens (including phenoxy) is 2. The highest BCUT2D eigenvalue weighted by molar-refractivity contribution is 5.75. The van der Waals surface area contributed by atoms with Gasteiger partial charge in [0.15, 0.2) is 0 Å². The predicted octanol–water partition coefficient (Wildman–Crippen LogP) is 2.32. The third-order valence-electron chi connectivity index (χ3n) is 3.27. The Hall–Kier alpha value is -0.610. The maximum absolute atomic E-state index is 12.1. The van der Waals surface area contributed by atoms with Gasteiger partial charge >= 0.3 is 5.97 Å². The Morgan fingerprint density at radius 3 is 2.26 bits per heavy atom. The topological polar surface area (TPSA) is 38.8 Å². The lowest BCUT2D eigenvalue weighted by Crippen LogP contribution is -2.39. The van der Waals surface area contributed by atoms with E-state index in [0.29, 0.717) is 6.61 Å². The molecule has 1 heterocycles. The summed E-state index contributed by atoms with van der Waals surface area (Å²) in [6.45, 7) is 15.1. The van der Waals surface area contributed by atoms with Crippen LogP contribution >= 0.6 is 0 Å². The molecular formula is C15H29NO3. The molecule has 0 aliphatic carbocycles. The number of carbonyl (C=O) groups is 1. The third kappa shape index (κ3) is 6.39. The Balaban J connectivity index is 2.29. The van der Waals surface area contributed by atoms with Crippen LogP contribution in [-0.2, 0) is 14.3 Å². The average Bonchev–Trinajstić information content (AvgIpc) is 2.27. The van der Waals surface area contributed by atoms with Crippen molar-refractivity contribution in [2.75, 3.05) is 39.5 Å². The van der Waals surface area contributed by atoms with Gasteiger partial charge in [-0.25, -0.2) is 0 Å². The van der Waals surface area contributed by atoms with Crippen LogP contribution in [0.25, 0.3) is 0 Å². The van der Waals surface area contributed by atoms with Gasteiger partial charge in [0.25, 0.3) is 0 Å². The molecule has 0 unspecified atom stereocenters. The molecule has 1 saturated heterocycles. The van der Waals surface area contributed by atoms with E-state index in [0.717, 1.165) is 39.3 Å². The Morgan fingerprint density at radius 1 is 1.16 bits per heavy atom. The zero-order valence-corrected chi connectivity index (χ0v) is 13.1. The SMILES string of the molecule is CC(C)(C)CC(C)(C)C(=O)OCCN1CCOCC1. The quantitative estimate of drug-likeness (QED) is 0.719. The lowest BCUT2D eigenvalue weighted by atomic mass is 9.76. The van der Waals surface area contributed by atoms with Gasteiger partial charge in [-0.1, -0.05) is 20.8 Å². The predicted molar refractivity (Wildman–Crippen MR) is 76.1 cm³/mol. The fourth-order valence-corrected chi connectivity index (χ4v) is 2.69. The van der Waals surface area contributed by atoms with Crippen LogP contribution in [0, 0.1) is 10.8 Å². The van der Waals surface area contributed by atoms with Crippen molar-refractivity contribution in [3.8, 4) is 0 Å². The molecule has 0 saturated carbocycles. The molecule has 0 spiro atoms. The molecule has 0 aromatic carbocycles. The normalized spacial score (nSPS) is 18.4. The molecular weight excluding hydrogens is 242 g/mol. The number of esters is 1. The molecule has 0 atom stereocenters. The van der Waals surface area contributed by atoms with E-state index in [1.165, 1.54) is 0 Å². The second kappa shape index (κ2) is 6.71. The van der Waals surface area contributed by atoms with Crippen LogP contribution in [0.2, 0.25) is 0 Å². The van der Waals surface area contributed by atoms with Crippen molar-refractivity contribution in [3.63, 3.8) is 0 Å². The highest BCUT2D eigenvalue weighted by Crippen LogP contribution is 2.33. The van der Waals surface area contributed by atoms with Crippen LogP contribution in [0.5, 0.6) is 0 Å². The molecule has 0 aromatic rings. The van der Waals surface area contributed by atoms with Crippen molar-refractivity contribution in [1.29, 1.82) is 0 Å². The molecule has 4 heteroatoms. The van der Waals surface area contributed by atoms with Gasteiger partial charge in [0, 0.05) is 19.6 Å². The number of hydrogen-bond donors (Lipinski definition) is 0. The van der Waals surface area contributed by atoms with E-state index in [9.17, 15) is 4.79 Å². The smallest absolute Gasteiger partial charge is 0.311 e. The first kappa shape index (κ1) is 16.4. The molecule has 0 N–H and O–H groups in total. The summed E-state index contributed by atoms with van der Waals surface area (Å²) in [6, 6.07) is 0. The highest BCUT2D eigenvalue weighted by atomic mass is 16.5.